The summed E-state index contributed by atoms with van der Waals surface area (Å²) in [5.74, 6) is 0.459. The minimum Gasteiger partial charge on any atom is -0.381 e. The fraction of sp³-hybridized carbons (Fsp3) is 0.636. The van der Waals surface area contributed by atoms with Crippen LogP contribution >= 0.6 is 0 Å². The zero-order valence-electron chi connectivity index (χ0n) is 16.6. The maximum Gasteiger partial charge on any atom is 0.322 e. The van der Waals surface area contributed by atoms with Crippen molar-refractivity contribution >= 4 is 11.9 Å². The summed E-state index contributed by atoms with van der Waals surface area (Å²) >= 11 is 0. The lowest BCUT2D eigenvalue weighted by Crippen LogP contribution is -2.56. The minimum absolute atomic E-state index is 0.178. The van der Waals surface area contributed by atoms with Crippen molar-refractivity contribution < 1.29 is 14.3 Å². The van der Waals surface area contributed by atoms with E-state index in [2.05, 4.69) is 42.7 Å². The van der Waals surface area contributed by atoms with E-state index in [1.165, 1.54) is 11.1 Å². The zero-order chi connectivity index (χ0) is 19.2. The molecule has 0 bridgehead atoms. The van der Waals surface area contributed by atoms with Crippen molar-refractivity contribution in [1.29, 1.82) is 0 Å². The van der Waals surface area contributed by atoms with E-state index in [1.807, 2.05) is 0 Å². The van der Waals surface area contributed by atoms with Gasteiger partial charge in [-0.25, -0.2) is 4.79 Å². The quantitative estimate of drug-likeness (QED) is 0.798. The number of aryl methyl sites for hydroxylation is 1. The summed E-state index contributed by atoms with van der Waals surface area (Å²) in [5, 5.41) is 5.62. The van der Waals surface area contributed by atoms with Gasteiger partial charge in [-0.05, 0) is 67.6 Å². The van der Waals surface area contributed by atoms with E-state index in [-0.39, 0.29) is 23.5 Å². The molecule has 146 valence electrons. The smallest absolute Gasteiger partial charge is 0.322 e. The molecule has 1 atom stereocenters. The first-order chi connectivity index (χ1) is 12.9. The standard InChI is InChI=1S/C22H30N2O3/c1-14(2)4-5-15-6-7-16-13-21(10-8-17(27-3)9-11-21)22(18(16)12-15)19(25)23-20(26)24-22/h6-7,12,14,17H,4-5,8-11,13H2,1-3H3,(H2,23,24,25,26)/t17-,21-,22?. The third-order valence-corrected chi connectivity index (χ3v) is 7.00. The molecule has 2 aliphatic carbocycles. The molecule has 1 unspecified atom stereocenters. The van der Waals surface area contributed by atoms with E-state index < -0.39 is 5.54 Å². The highest BCUT2D eigenvalue weighted by Gasteiger charge is 2.66. The van der Waals surface area contributed by atoms with E-state index in [0.29, 0.717) is 5.92 Å². The number of ether oxygens (including phenoxy) is 1. The van der Waals surface area contributed by atoms with Gasteiger partial charge in [0, 0.05) is 12.5 Å². The van der Waals surface area contributed by atoms with Gasteiger partial charge in [-0.1, -0.05) is 32.0 Å². The number of hydrogen-bond donors (Lipinski definition) is 2. The van der Waals surface area contributed by atoms with E-state index in [1.54, 1.807) is 7.11 Å². The van der Waals surface area contributed by atoms with E-state index in [4.69, 9.17) is 4.74 Å². The first-order valence-electron chi connectivity index (χ1n) is 10.2. The Labute approximate surface area is 161 Å². The number of benzene rings is 1. The maximum absolute atomic E-state index is 13.1. The lowest BCUT2D eigenvalue weighted by Gasteiger charge is -2.46. The summed E-state index contributed by atoms with van der Waals surface area (Å²) in [4.78, 5) is 25.4. The van der Waals surface area contributed by atoms with E-state index in [0.717, 1.165) is 50.5 Å². The van der Waals surface area contributed by atoms with Crippen molar-refractivity contribution in [3.63, 3.8) is 0 Å². The Morgan fingerprint density at radius 2 is 1.96 bits per heavy atom. The van der Waals surface area contributed by atoms with Crippen LogP contribution in [0.4, 0.5) is 4.79 Å². The van der Waals surface area contributed by atoms with Gasteiger partial charge in [0.05, 0.1) is 6.10 Å². The highest BCUT2D eigenvalue weighted by Crippen LogP contribution is 2.59. The first-order valence-corrected chi connectivity index (χ1v) is 10.2. The van der Waals surface area contributed by atoms with Gasteiger partial charge in [0.2, 0.25) is 0 Å². The van der Waals surface area contributed by atoms with Crippen LogP contribution < -0.4 is 10.6 Å². The molecule has 1 aliphatic heterocycles. The van der Waals surface area contributed by atoms with Gasteiger partial charge in [-0.2, -0.15) is 0 Å². The molecule has 27 heavy (non-hydrogen) atoms. The zero-order valence-corrected chi connectivity index (χ0v) is 16.6. The number of carbonyl (C=O) groups is 2. The van der Waals surface area contributed by atoms with Gasteiger partial charge in [-0.15, -0.1) is 0 Å². The van der Waals surface area contributed by atoms with Crippen molar-refractivity contribution in [2.24, 2.45) is 11.3 Å². The lowest BCUT2D eigenvalue weighted by atomic mass is 9.61. The number of rotatable bonds is 4. The molecule has 1 heterocycles. The SMILES string of the molecule is CO[C@H]1CC[C@]2(CC1)Cc1ccc(CCC(C)C)cc1C21NC(=O)NC1=O. The van der Waals surface area contributed by atoms with E-state index >= 15 is 0 Å². The van der Waals surface area contributed by atoms with Gasteiger partial charge in [0.25, 0.3) is 5.91 Å². The van der Waals surface area contributed by atoms with Crippen molar-refractivity contribution in [2.45, 2.75) is 70.4 Å². The number of hydrogen-bond acceptors (Lipinski definition) is 3. The summed E-state index contributed by atoms with van der Waals surface area (Å²) in [6, 6.07) is 6.19. The van der Waals surface area contributed by atoms with Crippen LogP contribution in [0.2, 0.25) is 0 Å². The van der Waals surface area contributed by atoms with Crippen molar-refractivity contribution in [2.75, 3.05) is 7.11 Å². The van der Waals surface area contributed by atoms with Crippen LogP contribution in [0.3, 0.4) is 0 Å². The molecule has 0 aromatic heterocycles. The van der Waals surface area contributed by atoms with Crippen LogP contribution in [-0.2, 0) is 27.9 Å². The Morgan fingerprint density at radius 1 is 1.22 bits per heavy atom. The number of fused-ring (bicyclic) bond motifs is 3. The fourth-order valence-electron chi connectivity index (χ4n) is 5.47. The second-order valence-corrected chi connectivity index (χ2v) is 8.97. The molecule has 1 aromatic carbocycles. The number of amides is 3. The molecule has 0 radical (unpaired) electrons. The Morgan fingerprint density at radius 3 is 2.56 bits per heavy atom. The molecule has 1 aromatic rings. The van der Waals surface area contributed by atoms with Gasteiger partial charge in [0.1, 0.15) is 0 Å². The summed E-state index contributed by atoms with van der Waals surface area (Å²) in [6.07, 6.45) is 6.82. The Bertz CT molecular complexity index is 765. The molecule has 2 fully saturated rings. The predicted molar refractivity (Wildman–Crippen MR) is 103 cm³/mol. The minimum atomic E-state index is -0.925. The molecular formula is C22H30N2O3. The average Bonchev–Trinajstić information content (AvgIpc) is 3.09. The van der Waals surface area contributed by atoms with Crippen LogP contribution in [0.15, 0.2) is 18.2 Å². The third kappa shape index (κ3) is 2.78. The topological polar surface area (TPSA) is 67.4 Å². The molecule has 5 heteroatoms. The van der Waals surface area contributed by atoms with E-state index in [9.17, 15) is 9.59 Å². The summed E-state index contributed by atoms with van der Waals surface area (Å²) < 4.78 is 5.56. The molecular weight excluding hydrogens is 340 g/mol. The number of nitrogens with one attached hydrogen (secondary N) is 2. The Hall–Kier alpha value is -1.88. The van der Waals surface area contributed by atoms with Crippen molar-refractivity contribution in [3.05, 3.63) is 34.9 Å². The summed E-state index contributed by atoms with van der Waals surface area (Å²) in [7, 11) is 1.76. The highest BCUT2D eigenvalue weighted by atomic mass is 16.5. The highest BCUT2D eigenvalue weighted by molar-refractivity contribution is 6.08. The number of methoxy groups -OCH3 is 1. The van der Waals surface area contributed by atoms with Gasteiger partial charge in [0.15, 0.2) is 5.54 Å². The summed E-state index contributed by atoms with van der Waals surface area (Å²) in [6.45, 7) is 4.45. The molecule has 2 N–H and O–H groups in total. The lowest BCUT2D eigenvalue weighted by molar-refractivity contribution is -0.131. The maximum atomic E-state index is 13.1. The molecule has 2 spiro atoms. The summed E-state index contributed by atoms with van der Waals surface area (Å²) in [5.41, 5.74) is 2.29. The number of carbonyl (C=O) groups excluding carboxylic acids is 2. The first kappa shape index (κ1) is 18.5. The van der Waals surface area contributed by atoms with Crippen molar-refractivity contribution in [1.82, 2.24) is 10.6 Å². The second kappa shape index (κ2) is 6.62. The van der Waals surface area contributed by atoms with Crippen LogP contribution in [-0.4, -0.2) is 25.2 Å². The largest absolute Gasteiger partial charge is 0.381 e. The van der Waals surface area contributed by atoms with Crippen molar-refractivity contribution in [3.8, 4) is 0 Å². The van der Waals surface area contributed by atoms with Gasteiger partial charge < -0.3 is 10.1 Å². The molecule has 4 rings (SSSR count). The molecule has 3 amide bonds. The van der Waals surface area contributed by atoms with Crippen LogP contribution in [0, 0.1) is 11.3 Å². The predicted octanol–water partition coefficient (Wildman–Crippen LogP) is 3.44. The molecule has 5 nitrogen and oxygen atoms in total. The van der Waals surface area contributed by atoms with Gasteiger partial charge in [-0.3, -0.25) is 10.1 Å². The Kier molecular flexibility index (Phi) is 4.53. The normalized spacial score (nSPS) is 32.2. The number of urea groups is 1. The third-order valence-electron chi connectivity index (χ3n) is 7.00. The van der Waals surface area contributed by atoms with Crippen LogP contribution in [0.1, 0.15) is 62.6 Å². The number of imide groups is 1. The van der Waals surface area contributed by atoms with Crippen LogP contribution in [0.25, 0.3) is 0 Å². The molecule has 1 saturated carbocycles. The fourth-order valence-corrected chi connectivity index (χ4v) is 5.47. The monoisotopic (exact) mass is 370 g/mol. The van der Waals surface area contributed by atoms with Crippen LogP contribution in [0.5, 0.6) is 0 Å². The molecule has 1 saturated heterocycles. The second-order valence-electron chi connectivity index (χ2n) is 8.97. The molecule has 3 aliphatic rings. The average molecular weight is 370 g/mol. The van der Waals surface area contributed by atoms with Gasteiger partial charge >= 0.3 is 6.03 Å². The Balaban J connectivity index is 1.75.